The zero-order chi connectivity index (χ0) is 14.7. The molecule has 0 radical (unpaired) electrons. The van der Waals surface area contributed by atoms with Crippen molar-refractivity contribution in [3.05, 3.63) is 35.9 Å². The van der Waals surface area contributed by atoms with Crippen molar-refractivity contribution in [3.8, 4) is 0 Å². The minimum absolute atomic E-state index is 0.0407. The molecule has 0 aliphatic heterocycles. The minimum atomic E-state index is 0.0407. The number of thioether (sulfide) groups is 1. The first-order valence-corrected chi connectivity index (χ1v) is 8.03. The van der Waals surface area contributed by atoms with Gasteiger partial charge in [-0.25, -0.2) is 0 Å². The molecule has 1 nitrogen and oxygen atoms in total. The molecule has 0 amide bonds. The highest BCUT2D eigenvalue weighted by atomic mass is 32.2. The molecule has 0 N–H and O–H groups in total. The van der Waals surface area contributed by atoms with Crippen molar-refractivity contribution in [1.29, 1.82) is 0 Å². The van der Waals surface area contributed by atoms with E-state index in [0.717, 1.165) is 10.1 Å². The lowest BCUT2D eigenvalue weighted by molar-refractivity contribution is 0.131. The lowest BCUT2D eigenvalue weighted by Crippen LogP contribution is -2.54. The van der Waals surface area contributed by atoms with Crippen molar-refractivity contribution in [2.24, 2.45) is 0 Å². The first kappa shape index (κ1) is 16.5. The summed E-state index contributed by atoms with van der Waals surface area (Å²) >= 11 is 7.41. The molecule has 0 fully saturated rings. The maximum atomic E-state index is 5.66. The molecule has 0 aliphatic rings. The number of nitrogens with zero attached hydrogens (tertiary/aromatic N) is 1. The van der Waals surface area contributed by atoms with Crippen LogP contribution < -0.4 is 0 Å². The predicted octanol–water partition coefficient (Wildman–Crippen LogP) is 5.10. The molecule has 0 heterocycles. The van der Waals surface area contributed by atoms with E-state index in [0.29, 0.717) is 0 Å². The molecule has 0 aromatic heterocycles. The summed E-state index contributed by atoms with van der Waals surface area (Å²) in [5, 5.41) is 0. The lowest BCUT2D eigenvalue weighted by atomic mass is 9.97. The Balaban J connectivity index is 2.74. The SMILES string of the molecule is CC(C)(C)N(C(=S)SCc1ccccc1)C(C)(C)C. The largest absolute Gasteiger partial charge is 0.348 e. The second kappa shape index (κ2) is 6.27. The molecule has 3 heteroatoms. The average molecular weight is 296 g/mol. The van der Waals surface area contributed by atoms with Gasteiger partial charge in [0.15, 0.2) is 0 Å². The zero-order valence-electron chi connectivity index (χ0n) is 12.9. The molecular formula is C16H25NS2. The van der Waals surface area contributed by atoms with Crippen molar-refractivity contribution >= 4 is 28.3 Å². The van der Waals surface area contributed by atoms with E-state index in [2.05, 4.69) is 70.7 Å². The summed E-state index contributed by atoms with van der Waals surface area (Å²) < 4.78 is 0.976. The van der Waals surface area contributed by atoms with E-state index in [9.17, 15) is 0 Å². The fourth-order valence-electron chi connectivity index (χ4n) is 2.34. The average Bonchev–Trinajstić information content (AvgIpc) is 2.24. The van der Waals surface area contributed by atoms with E-state index in [1.54, 1.807) is 11.8 Å². The van der Waals surface area contributed by atoms with Crippen LogP contribution in [-0.4, -0.2) is 20.3 Å². The van der Waals surface area contributed by atoms with Gasteiger partial charge in [-0.15, -0.1) is 0 Å². The van der Waals surface area contributed by atoms with Crippen LogP contribution in [0.5, 0.6) is 0 Å². The summed E-state index contributed by atoms with van der Waals surface area (Å²) in [5.41, 5.74) is 1.40. The van der Waals surface area contributed by atoms with E-state index in [1.165, 1.54) is 5.56 Å². The van der Waals surface area contributed by atoms with Crippen molar-refractivity contribution in [3.63, 3.8) is 0 Å². The third kappa shape index (κ3) is 5.15. The second-order valence-corrected chi connectivity index (χ2v) is 8.33. The summed E-state index contributed by atoms with van der Waals surface area (Å²) in [6.07, 6.45) is 0. The van der Waals surface area contributed by atoms with Gasteiger partial charge in [0.25, 0.3) is 0 Å². The van der Waals surface area contributed by atoms with Gasteiger partial charge in [-0.3, -0.25) is 0 Å². The summed E-state index contributed by atoms with van der Waals surface area (Å²) in [6, 6.07) is 10.5. The lowest BCUT2D eigenvalue weighted by Gasteiger charge is -2.47. The number of rotatable bonds is 2. The van der Waals surface area contributed by atoms with Gasteiger partial charge in [0.05, 0.1) is 0 Å². The molecule has 1 rings (SSSR count). The Morgan fingerprint density at radius 2 is 1.47 bits per heavy atom. The van der Waals surface area contributed by atoms with Crippen LogP contribution in [0.25, 0.3) is 0 Å². The predicted molar refractivity (Wildman–Crippen MR) is 91.7 cm³/mol. The molecule has 0 atom stereocenters. The van der Waals surface area contributed by atoms with Crippen LogP contribution in [0.3, 0.4) is 0 Å². The first-order valence-electron chi connectivity index (χ1n) is 6.63. The Labute approximate surface area is 127 Å². The van der Waals surface area contributed by atoms with Crippen LogP contribution in [0.1, 0.15) is 47.1 Å². The van der Waals surface area contributed by atoms with Gasteiger partial charge < -0.3 is 4.90 Å². The van der Waals surface area contributed by atoms with Crippen molar-refractivity contribution < 1.29 is 0 Å². The maximum Gasteiger partial charge on any atom is 0.137 e. The van der Waals surface area contributed by atoms with Gasteiger partial charge in [0.1, 0.15) is 4.32 Å². The molecule has 106 valence electrons. The molecule has 0 spiro atoms. The number of hydrogen-bond acceptors (Lipinski definition) is 2. The highest BCUT2D eigenvalue weighted by Gasteiger charge is 2.33. The van der Waals surface area contributed by atoms with E-state index >= 15 is 0 Å². The van der Waals surface area contributed by atoms with Crippen molar-refractivity contribution in [2.45, 2.75) is 58.4 Å². The Kier molecular flexibility index (Phi) is 5.45. The summed E-state index contributed by atoms with van der Waals surface area (Å²) in [5.74, 6) is 0.933. The summed E-state index contributed by atoms with van der Waals surface area (Å²) in [4.78, 5) is 2.34. The first-order chi connectivity index (χ1) is 8.62. The van der Waals surface area contributed by atoms with Gasteiger partial charge in [-0.1, -0.05) is 54.3 Å². The molecule has 1 aromatic rings. The number of benzene rings is 1. The third-order valence-corrected chi connectivity index (χ3v) is 4.17. The molecule has 0 saturated carbocycles. The smallest absolute Gasteiger partial charge is 0.137 e. The van der Waals surface area contributed by atoms with Crippen molar-refractivity contribution in [1.82, 2.24) is 4.90 Å². The molecule has 0 saturated heterocycles. The summed E-state index contributed by atoms with van der Waals surface area (Å²) in [6.45, 7) is 13.3. The van der Waals surface area contributed by atoms with Gasteiger partial charge in [0, 0.05) is 16.8 Å². The van der Waals surface area contributed by atoms with E-state index in [1.807, 2.05) is 6.07 Å². The van der Waals surface area contributed by atoms with Gasteiger partial charge in [-0.2, -0.15) is 0 Å². The Morgan fingerprint density at radius 1 is 1.00 bits per heavy atom. The fourth-order valence-corrected chi connectivity index (χ4v) is 4.22. The quantitative estimate of drug-likeness (QED) is 0.699. The molecule has 0 aliphatic carbocycles. The Bertz CT molecular complexity index is 399. The van der Waals surface area contributed by atoms with Gasteiger partial charge in [-0.05, 0) is 47.1 Å². The third-order valence-electron chi connectivity index (χ3n) is 2.73. The fraction of sp³-hybridized carbons (Fsp3) is 0.562. The molecule has 19 heavy (non-hydrogen) atoms. The van der Waals surface area contributed by atoms with Crippen LogP contribution in [0.2, 0.25) is 0 Å². The molecule has 0 bridgehead atoms. The Hall–Kier alpha value is -0.540. The summed E-state index contributed by atoms with van der Waals surface area (Å²) in [7, 11) is 0. The second-order valence-electron chi connectivity index (χ2n) is 6.72. The topological polar surface area (TPSA) is 3.24 Å². The van der Waals surface area contributed by atoms with E-state index < -0.39 is 0 Å². The van der Waals surface area contributed by atoms with Crippen LogP contribution in [-0.2, 0) is 5.75 Å². The number of hydrogen-bond donors (Lipinski definition) is 0. The molecule has 0 unspecified atom stereocenters. The van der Waals surface area contributed by atoms with Crippen LogP contribution >= 0.6 is 24.0 Å². The van der Waals surface area contributed by atoms with Gasteiger partial charge in [0.2, 0.25) is 0 Å². The maximum absolute atomic E-state index is 5.66. The highest BCUT2D eigenvalue weighted by molar-refractivity contribution is 8.22. The normalized spacial score (nSPS) is 12.3. The van der Waals surface area contributed by atoms with Gasteiger partial charge >= 0.3 is 0 Å². The molecule has 1 aromatic carbocycles. The van der Waals surface area contributed by atoms with Crippen LogP contribution in [0.4, 0.5) is 0 Å². The monoisotopic (exact) mass is 295 g/mol. The number of thiocarbonyl (C=S) groups is 1. The van der Waals surface area contributed by atoms with Crippen molar-refractivity contribution in [2.75, 3.05) is 0 Å². The molecular weight excluding hydrogens is 270 g/mol. The van der Waals surface area contributed by atoms with E-state index in [4.69, 9.17) is 12.2 Å². The Morgan fingerprint density at radius 3 is 1.89 bits per heavy atom. The van der Waals surface area contributed by atoms with Crippen LogP contribution in [0, 0.1) is 0 Å². The van der Waals surface area contributed by atoms with E-state index in [-0.39, 0.29) is 11.1 Å². The highest BCUT2D eigenvalue weighted by Crippen LogP contribution is 2.30. The standard InChI is InChI=1S/C16H25NS2/c1-15(2,3)17(16(4,5)6)14(18)19-12-13-10-8-7-9-11-13/h7-11H,12H2,1-6H3. The minimum Gasteiger partial charge on any atom is -0.348 e. The zero-order valence-corrected chi connectivity index (χ0v) is 14.5. The van der Waals surface area contributed by atoms with Crippen LogP contribution in [0.15, 0.2) is 30.3 Å².